The summed E-state index contributed by atoms with van der Waals surface area (Å²) in [7, 11) is 4.14. The molecule has 6 heteroatoms. The number of ether oxygens (including phenoxy) is 2. The number of nitrogens with one attached hydrogen (secondary N) is 2. The van der Waals surface area contributed by atoms with Gasteiger partial charge in [0, 0.05) is 19.6 Å². The molecule has 0 saturated carbocycles. The Bertz CT molecular complexity index is 749. The van der Waals surface area contributed by atoms with E-state index in [-0.39, 0.29) is 0 Å². The first-order valence-electron chi connectivity index (χ1n) is 8.23. The van der Waals surface area contributed by atoms with E-state index >= 15 is 0 Å². The Morgan fingerprint density at radius 1 is 1.00 bits per heavy atom. The molecule has 0 atom stereocenters. The molecule has 2 aromatic carbocycles. The first-order valence-corrected chi connectivity index (χ1v) is 8.64. The summed E-state index contributed by atoms with van der Waals surface area (Å²) in [4.78, 5) is 2.16. The van der Waals surface area contributed by atoms with Crippen LogP contribution in [-0.4, -0.2) is 30.9 Å². The molecule has 0 aromatic heterocycles. The van der Waals surface area contributed by atoms with Gasteiger partial charge in [-0.2, -0.15) is 0 Å². The highest BCUT2D eigenvalue weighted by atomic mass is 32.1. The largest absolute Gasteiger partial charge is 0.454 e. The van der Waals surface area contributed by atoms with Gasteiger partial charge in [0.15, 0.2) is 16.6 Å². The smallest absolute Gasteiger partial charge is 0.231 e. The van der Waals surface area contributed by atoms with Gasteiger partial charge >= 0.3 is 0 Å². The molecule has 3 rings (SSSR count). The van der Waals surface area contributed by atoms with Crippen LogP contribution in [-0.2, 0) is 19.6 Å². The van der Waals surface area contributed by atoms with Crippen molar-refractivity contribution >= 4 is 17.3 Å². The standard InChI is InChI=1S/C19H23N3O2S/c1-22(2)12-16-6-4-3-5-15(16)11-21-19(25)20-10-14-7-8-17-18(9-14)24-13-23-17/h3-9H,10-13H2,1-2H3,(H2,20,21,25). The van der Waals surface area contributed by atoms with Gasteiger partial charge < -0.3 is 25.0 Å². The van der Waals surface area contributed by atoms with E-state index in [9.17, 15) is 0 Å². The van der Waals surface area contributed by atoms with Crippen LogP contribution < -0.4 is 20.1 Å². The van der Waals surface area contributed by atoms with Crippen molar-refractivity contribution in [1.82, 2.24) is 15.5 Å². The number of nitrogens with zero attached hydrogens (tertiary/aromatic N) is 1. The molecule has 1 aliphatic heterocycles. The monoisotopic (exact) mass is 357 g/mol. The molecule has 1 aliphatic rings. The summed E-state index contributed by atoms with van der Waals surface area (Å²) >= 11 is 5.39. The van der Waals surface area contributed by atoms with Crippen LogP contribution in [0.2, 0.25) is 0 Å². The molecule has 2 aromatic rings. The molecule has 0 radical (unpaired) electrons. The number of benzene rings is 2. The summed E-state index contributed by atoms with van der Waals surface area (Å²) in [6, 6.07) is 14.3. The molecule has 0 aliphatic carbocycles. The van der Waals surface area contributed by atoms with Crippen LogP contribution in [0.4, 0.5) is 0 Å². The van der Waals surface area contributed by atoms with E-state index in [1.54, 1.807) is 0 Å². The van der Waals surface area contributed by atoms with Crippen molar-refractivity contribution < 1.29 is 9.47 Å². The SMILES string of the molecule is CN(C)Cc1ccccc1CNC(=S)NCc1ccc2c(c1)OCO2. The summed E-state index contributed by atoms with van der Waals surface area (Å²) in [5, 5.41) is 7.15. The van der Waals surface area contributed by atoms with Crippen molar-refractivity contribution in [3.05, 3.63) is 59.2 Å². The summed E-state index contributed by atoms with van der Waals surface area (Å²) in [5.74, 6) is 1.58. The van der Waals surface area contributed by atoms with Gasteiger partial charge in [-0.1, -0.05) is 30.3 Å². The van der Waals surface area contributed by atoms with E-state index in [0.717, 1.165) is 23.6 Å². The fraction of sp³-hybridized carbons (Fsp3) is 0.316. The van der Waals surface area contributed by atoms with Crippen LogP contribution in [0.15, 0.2) is 42.5 Å². The third-order valence-electron chi connectivity index (χ3n) is 3.93. The van der Waals surface area contributed by atoms with Crippen LogP contribution in [0.1, 0.15) is 16.7 Å². The Kier molecular flexibility index (Phi) is 5.73. The first-order chi connectivity index (χ1) is 12.1. The fourth-order valence-electron chi connectivity index (χ4n) is 2.70. The van der Waals surface area contributed by atoms with E-state index in [1.807, 2.05) is 18.2 Å². The number of rotatable bonds is 6. The lowest BCUT2D eigenvalue weighted by molar-refractivity contribution is 0.174. The Labute approximate surface area is 153 Å². The van der Waals surface area contributed by atoms with Gasteiger partial charge in [0.25, 0.3) is 0 Å². The number of fused-ring (bicyclic) bond motifs is 1. The summed E-state index contributed by atoms with van der Waals surface area (Å²) in [6.07, 6.45) is 0. The van der Waals surface area contributed by atoms with E-state index in [2.05, 4.69) is 53.9 Å². The van der Waals surface area contributed by atoms with E-state index in [1.165, 1.54) is 11.1 Å². The molecule has 1 heterocycles. The lowest BCUT2D eigenvalue weighted by Gasteiger charge is -2.16. The predicted octanol–water partition coefficient (Wildman–Crippen LogP) is 2.64. The van der Waals surface area contributed by atoms with Gasteiger partial charge in [0.2, 0.25) is 6.79 Å². The van der Waals surface area contributed by atoms with Gasteiger partial charge in [-0.15, -0.1) is 0 Å². The van der Waals surface area contributed by atoms with Crippen LogP contribution in [0.25, 0.3) is 0 Å². The van der Waals surface area contributed by atoms with E-state index in [0.29, 0.717) is 25.0 Å². The van der Waals surface area contributed by atoms with Crippen LogP contribution in [0.5, 0.6) is 11.5 Å². The Balaban J connectivity index is 1.50. The van der Waals surface area contributed by atoms with Gasteiger partial charge in [-0.25, -0.2) is 0 Å². The van der Waals surface area contributed by atoms with Gasteiger partial charge in [-0.3, -0.25) is 0 Å². The average Bonchev–Trinajstić information content (AvgIpc) is 3.06. The van der Waals surface area contributed by atoms with Gasteiger partial charge in [0.05, 0.1) is 0 Å². The van der Waals surface area contributed by atoms with Crippen molar-refractivity contribution in [3.8, 4) is 11.5 Å². The highest BCUT2D eigenvalue weighted by Gasteiger charge is 2.13. The average molecular weight is 357 g/mol. The van der Waals surface area contributed by atoms with Crippen molar-refractivity contribution in [2.45, 2.75) is 19.6 Å². The second kappa shape index (κ2) is 8.18. The Morgan fingerprint density at radius 3 is 2.52 bits per heavy atom. The molecule has 0 fully saturated rings. The normalized spacial score (nSPS) is 12.3. The quantitative estimate of drug-likeness (QED) is 0.775. The van der Waals surface area contributed by atoms with Crippen molar-refractivity contribution in [3.63, 3.8) is 0 Å². The minimum absolute atomic E-state index is 0.290. The molecular weight excluding hydrogens is 334 g/mol. The third-order valence-corrected chi connectivity index (χ3v) is 4.22. The lowest BCUT2D eigenvalue weighted by atomic mass is 10.1. The summed E-state index contributed by atoms with van der Waals surface area (Å²) < 4.78 is 10.7. The minimum Gasteiger partial charge on any atom is -0.454 e. The number of hydrogen-bond acceptors (Lipinski definition) is 4. The zero-order chi connectivity index (χ0) is 17.6. The predicted molar refractivity (Wildman–Crippen MR) is 103 cm³/mol. The second-order valence-corrected chi connectivity index (χ2v) is 6.64. The second-order valence-electron chi connectivity index (χ2n) is 6.23. The third kappa shape index (κ3) is 4.84. The van der Waals surface area contributed by atoms with E-state index in [4.69, 9.17) is 21.7 Å². The summed E-state index contributed by atoms with van der Waals surface area (Å²) in [6.45, 7) is 2.55. The maximum atomic E-state index is 5.39. The topological polar surface area (TPSA) is 45.8 Å². The highest BCUT2D eigenvalue weighted by molar-refractivity contribution is 7.80. The molecule has 5 nitrogen and oxygen atoms in total. The van der Waals surface area contributed by atoms with Crippen LogP contribution >= 0.6 is 12.2 Å². The molecule has 0 unspecified atom stereocenters. The molecule has 0 spiro atoms. The molecule has 132 valence electrons. The lowest BCUT2D eigenvalue weighted by Crippen LogP contribution is -2.34. The van der Waals surface area contributed by atoms with Crippen molar-refractivity contribution in [2.75, 3.05) is 20.9 Å². The number of hydrogen-bond donors (Lipinski definition) is 2. The Hall–Kier alpha value is -2.31. The maximum Gasteiger partial charge on any atom is 0.231 e. The number of thiocarbonyl (C=S) groups is 1. The Morgan fingerprint density at radius 2 is 1.72 bits per heavy atom. The molecule has 0 bridgehead atoms. The first kappa shape index (κ1) is 17.5. The molecular formula is C19H23N3O2S. The molecule has 0 amide bonds. The highest BCUT2D eigenvalue weighted by Crippen LogP contribution is 2.32. The minimum atomic E-state index is 0.290. The van der Waals surface area contributed by atoms with Crippen molar-refractivity contribution in [2.24, 2.45) is 0 Å². The van der Waals surface area contributed by atoms with Gasteiger partial charge in [0.1, 0.15) is 0 Å². The van der Waals surface area contributed by atoms with Crippen molar-refractivity contribution in [1.29, 1.82) is 0 Å². The van der Waals surface area contributed by atoms with Crippen LogP contribution in [0.3, 0.4) is 0 Å². The molecule has 0 saturated heterocycles. The molecule has 2 N–H and O–H groups in total. The van der Waals surface area contributed by atoms with Crippen LogP contribution in [0, 0.1) is 0 Å². The fourth-order valence-corrected chi connectivity index (χ4v) is 2.84. The zero-order valence-electron chi connectivity index (χ0n) is 14.5. The van der Waals surface area contributed by atoms with Gasteiger partial charge in [-0.05, 0) is 55.1 Å². The summed E-state index contributed by atoms with van der Waals surface area (Å²) in [5.41, 5.74) is 3.66. The maximum absolute atomic E-state index is 5.39. The molecule has 25 heavy (non-hydrogen) atoms. The van der Waals surface area contributed by atoms with E-state index < -0.39 is 0 Å². The zero-order valence-corrected chi connectivity index (χ0v) is 15.4.